The molecule has 13 heavy (non-hydrogen) atoms. The lowest BCUT2D eigenvalue weighted by Gasteiger charge is -2.05. The maximum Gasteiger partial charge on any atom is 0.138 e. The molecule has 0 saturated heterocycles. The van der Waals surface area contributed by atoms with Crippen LogP contribution in [0.4, 0.5) is 0 Å². The van der Waals surface area contributed by atoms with Gasteiger partial charge in [-0.1, -0.05) is 37.4 Å². The number of nitrogens with one attached hydrogen (secondary N) is 2. The van der Waals surface area contributed by atoms with E-state index in [2.05, 4.69) is 23.5 Å². The summed E-state index contributed by atoms with van der Waals surface area (Å²) in [5.41, 5.74) is 2.19. The highest BCUT2D eigenvalue weighted by Gasteiger charge is 1.99. The summed E-state index contributed by atoms with van der Waals surface area (Å²) in [6.45, 7) is 5.76. The first kappa shape index (κ1) is 10.3. The first-order valence-corrected chi connectivity index (χ1v) is 4.96. The van der Waals surface area contributed by atoms with Gasteiger partial charge < -0.3 is 9.97 Å². The molecule has 0 amide bonds. The molecule has 4 heteroatoms. The topological polar surface area (TPSA) is 31.6 Å². The van der Waals surface area contributed by atoms with Crippen molar-refractivity contribution in [2.45, 2.75) is 19.8 Å². The molecule has 0 aliphatic heterocycles. The van der Waals surface area contributed by atoms with Crippen molar-refractivity contribution in [1.82, 2.24) is 9.97 Å². The van der Waals surface area contributed by atoms with Crippen LogP contribution in [0.5, 0.6) is 0 Å². The van der Waals surface area contributed by atoms with Crippen molar-refractivity contribution in [2.75, 3.05) is 0 Å². The Kier molecular flexibility index (Phi) is 3.57. The molecule has 0 aromatic carbocycles. The first-order valence-electron chi connectivity index (χ1n) is 4.14. The molecule has 0 bridgehead atoms. The van der Waals surface area contributed by atoms with Gasteiger partial charge in [0.2, 0.25) is 0 Å². The fraction of sp³-hybridized carbons (Fsp3) is 0.333. The molecule has 2 N–H and O–H groups in total. The Labute approximate surface area is 87.7 Å². The summed E-state index contributed by atoms with van der Waals surface area (Å²) >= 11 is 10.1. The molecule has 0 saturated carbocycles. The molecule has 0 spiro atoms. The second kappa shape index (κ2) is 4.48. The van der Waals surface area contributed by atoms with Gasteiger partial charge >= 0.3 is 0 Å². The molecule has 0 aliphatic rings. The second-order valence-electron chi connectivity index (χ2n) is 2.71. The number of rotatable bonds is 3. The molecule has 70 valence electrons. The van der Waals surface area contributed by atoms with Gasteiger partial charge in [-0.3, -0.25) is 0 Å². The van der Waals surface area contributed by atoms with Crippen molar-refractivity contribution < 1.29 is 0 Å². The van der Waals surface area contributed by atoms with Gasteiger partial charge in [0, 0.05) is 17.8 Å². The zero-order chi connectivity index (χ0) is 9.84. The molecule has 2 nitrogen and oxygen atoms in total. The number of aryl methyl sites for hydroxylation is 1. The van der Waals surface area contributed by atoms with Crippen LogP contribution in [0.3, 0.4) is 0 Å². The molecular formula is C9H12N2S2. The zero-order valence-corrected chi connectivity index (χ0v) is 9.15. The molecule has 1 rings (SSSR count). The molecule has 1 heterocycles. The Morgan fingerprint density at radius 1 is 1.23 bits per heavy atom. The third-order valence-electron chi connectivity index (χ3n) is 1.80. The predicted molar refractivity (Wildman–Crippen MR) is 60.1 cm³/mol. The Balaban J connectivity index is 3.32. The van der Waals surface area contributed by atoms with Crippen LogP contribution in [-0.4, -0.2) is 9.97 Å². The van der Waals surface area contributed by atoms with E-state index in [0.29, 0.717) is 9.28 Å². The molecule has 0 fully saturated rings. The number of H-pyrrole nitrogens is 2. The van der Waals surface area contributed by atoms with E-state index >= 15 is 0 Å². The van der Waals surface area contributed by atoms with Crippen LogP contribution in [0.1, 0.15) is 18.3 Å². The van der Waals surface area contributed by atoms with Crippen LogP contribution in [0.15, 0.2) is 12.7 Å². The van der Waals surface area contributed by atoms with E-state index in [1.807, 2.05) is 6.08 Å². The van der Waals surface area contributed by atoms with Crippen LogP contribution in [0.2, 0.25) is 0 Å². The minimum Gasteiger partial charge on any atom is -0.346 e. The Hall–Kier alpha value is -0.740. The summed E-state index contributed by atoms with van der Waals surface area (Å²) in [5, 5.41) is 0. The van der Waals surface area contributed by atoms with Gasteiger partial charge in [-0.05, 0) is 6.42 Å². The van der Waals surface area contributed by atoms with E-state index in [9.17, 15) is 0 Å². The summed E-state index contributed by atoms with van der Waals surface area (Å²) in [4.78, 5) is 6.21. The van der Waals surface area contributed by atoms with Crippen LogP contribution in [-0.2, 0) is 12.8 Å². The lowest BCUT2D eigenvalue weighted by atomic mass is 10.2. The minimum atomic E-state index is 0.601. The van der Waals surface area contributed by atoms with Crippen LogP contribution in [0.25, 0.3) is 0 Å². The monoisotopic (exact) mass is 212 g/mol. The number of hydrogen-bond acceptors (Lipinski definition) is 2. The summed E-state index contributed by atoms with van der Waals surface area (Å²) in [6, 6.07) is 0. The number of hydrogen-bond donors (Lipinski definition) is 2. The fourth-order valence-corrected chi connectivity index (χ4v) is 1.51. The Bertz CT molecular complexity index is 414. The standard InChI is InChI=1S/C9H12N2S2/c1-3-5-7-6(4-2)10-8(12)9(13)11-7/h3H,1,4-5H2,2H3,(H,10,12)(H,11,13). The third kappa shape index (κ3) is 2.35. The normalized spacial score (nSPS) is 9.92. The van der Waals surface area contributed by atoms with Gasteiger partial charge in [-0.25, -0.2) is 0 Å². The highest BCUT2D eigenvalue weighted by atomic mass is 32.1. The van der Waals surface area contributed by atoms with Crippen molar-refractivity contribution in [3.63, 3.8) is 0 Å². The summed E-state index contributed by atoms with van der Waals surface area (Å²) in [5.74, 6) is 0. The summed E-state index contributed by atoms with van der Waals surface area (Å²) in [7, 11) is 0. The fourth-order valence-electron chi connectivity index (χ4n) is 1.16. The Morgan fingerprint density at radius 2 is 1.77 bits per heavy atom. The third-order valence-corrected chi connectivity index (χ3v) is 2.54. The number of aromatic nitrogens is 2. The van der Waals surface area contributed by atoms with E-state index in [1.54, 1.807) is 0 Å². The van der Waals surface area contributed by atoms with Crippen LogP contribution < -0.4 is 0 Å². The lowest BCUT2D eigenvalue weighted by molar-refractivity contribution is 0.916. The average Bonchev–Trinajstić information content (AvgIpc) is 2.11. The molecule has 0 atom stereocenters. The van der Waals surface area contributed by atoms with Gasteiger partial charge in [-0.2, -0.15) is 0 Å². The molecule has 0 unspecified atom stereocenters. The molecule has 0 radical (unpaired) electrons. The Morgan fingerprint density at radius 3 is 2.23 bits per heavy atom. The van der Waals surface area contributed by atoms with Crippen LogP contribution in [0, 0.1) is 9.28 Å². The quantitative estimate of drug-likeness (QED) is 0.596. The highest BCUT2D eigenvalue weighted by molar-refractivity contribution is 7.73. The van der Waals surface area contributed by atoms with Crippen LogP contribution >= 0.6 is 24.4 Å². The molecule has 1 aromatic heterocycles. The molecular weight excluding hydrogens is 200 g/mol. The molecule has 0 aliphatic carbocycles. The van der Waals surface area contributed by atoms with Crippen molar-refractivity contribution in [1.29, 1.82) is 0 Å². The SMILES string of the molecule is C=CCc1[nH]c(=S)c(=S)[nH]c1CC. The van der Waals surface area contributed by atoms with Crippen molar-refractivity contribution >= 4 is 24.4 Å². The first-order chi connectivity index (χ1) is 6.19. The van der Waals surface area contributed by atoms with Gasteiger partial charge in [0.1, 0.15) is 9.28 Å². The van der Waals surface area contributed by atoms with Gasteiger partial charge in [-0.15, -0.1) is 6.58 Å². The van der Waals surface area contributed by atoms with E-state index in [4.69, 9.17) is 24.4 Å². The van der Waals surface area contributed by atoms with E-state index < -0.39 is 0 Å². The van der Waals surface area contributed by atoms with Gasteiger partial charge in [0.25, 0.3) is 0 Å². The van der Waals surface area contributed by atoms with Gasteiger partial charge in [0.05, 0.1) is 0 Å². The van der Waals surface area contributed by atoms with E-state index in [-0.39, 0.29) is 0 Å². The second-order valence-corrected chi connectivity index (χ2v) is 3.53. The maximum absolute atomic E-state index is 5.04. The summed E-state index contributed by atoms with van der Waals surface area (Å²) in [6.07, 6.45) is 3.55. The number of allylic oxidation sites excluding steroid dienone is 1. The zero-order valence-electron chi connectivity index (χ0n) is 7.52. The maximum atomic E-state index is 5.04. The average molecular weight is 212 g/mol. The smallest absolute Gasteiger partial charge is 0.138 e. The largest absolute Gasteiger partial charge is 0.346 e. The number of aromatic amines is 2. The van der Waals surface area contributed by atoms with E-state index in [1.165, 1.54) is 0 Å². The van der Waals surface area contributed by atoms with Crippen molar-refractivity contribution in [3.05, 3.63) is 33.3 Å². The van der Waals surface area contributed by atoms with Crippen molar-refractivity contribution in [2.24, 2.45) is 0 Å². The van der Waals surface area contributed by atoms with Gasteiger partial charge in [0.15, 0.2) is 0 Å². The minimum absolute atomic E-state index is 0.601. The predicted octanol–water partition coefficient (Wildman–Crippen LogP) is 3.09. The highest BCUT2D eigenvalue weighted by Crippen LogP contribution is 2.05. The van der Waals surface area contributed by atoms with E-state index in [0.717, 1.165) is 24.2 Å². The molecule has 1 aromatic rings. The lowest BCUT2D eigenvalue weighted by Crippen LogP contribution is -2.00. The summed E-state index contributed by atoms with van der Waals surface area (Å²) < 4.78 is 1.21. The van der Waals surface area contributed by atoms with Crippen molar-refractivity contribution in [3.8, 4) is 0 Å².